The van der Waals surface area contributed by atoms with Gasteiger partial charge >= 0.3 is 5.69 Å². The molecular weight excluding hydrogens is 170 g/mol. The Morgan fingerprint density at radius 2 is 2.31 bits per heavy atom. The fraction of sp³-hybridized carbons (Fsp3) is 0.125. The van der Waals surface area contributed by atoms with Crippen LogP contribution in [0.4, 0.5) is 0 Å². The van der Waals surface area contributed by atoms with Gasteiger partial charge in [-0.15, -0.1) is 0 Å². The predicted octanol–water partition coefficient (Wildman–Crippen LogP) is -0.390. The maximum atomic E-state index is 11.1. The molecule has 66 valence electrons. The van der Waals surface area contributed by atoms with Gasteiger partial charge < -0.3 is 4.57 Å². The lowest BCUT2D eigenvalue weighted by molar-refractivity contribution is 0.796. The Bertz CT molecular complexity index is 487. The minimum atomic E-state index is -0.491. The summed E-state index contributed by atoms with van der Waals surface area (Å²) in [5.74, 6) is 0. The highest BCUT2D eigenvalue weighted by molar-refractivity contribution is 5.49. The molecule has 0 aliphatic heterocycles. The first-order valence-corrected chi connectivity index (χ1v) is 3.51. The second-order valence-electron chi connectivity index (χ2n) is 2.42. The number of H-pyrrole nitrogens is 1. The van der Waals surface area contributed by atoms with E-state index in [9.17, 15) is 9.59 Å². The maximum absolute atomic E-state index is 11.1. The first kappa shape index (κ1) is 9.00. The summed E-state index contributed by atoms with van der Waals surface area (Å²) in [7, 11) is 1.52. The maximum Gasteiger partial charge on any atom is 0.328 e. The first-order chi connectivity index (χ1) is 6.15. The van der Waals surface area contributed by atoms with Crippen LogP contribution >= 0.6 is 0 Å². The number of nitrogens with one attached hydrogen (secondary N) is 1. The van der Waals surface area contributed by atoms with Crippen molar-refractivity contribution >= 4 is 6.08 Å². The Morgan fingerprint density at radius 1 is 1.62 bits per heavy atom. The van der Waals surface area contributed by atoms with Crippen LogP contribution in [0.25, 0.3) is 6.08 Å². The highest BCUT2D eigenvalue weighted by atomic mass is 16.2. The van der Waals surface area contributed by atoms with Gasteiger partial charge in [0, 0.05) is 19.3 Å². The molecular formula is C8H7N3O2. The number of hydrogen-bond acceptors (Lipinski definition) is 3. The minimum absolute atomic E-state index is 0.281. The van der Waals surface area contributed by atoms with E-state index in [1.807, 2.05) is 0 Å². The minimum Gasteiger partial charge on any atom is -0.303 e. The number of allylic oxidation sites excluding steroid dienone is 1. The molecule has 1 aromatic rings. The summed E-state index contributed by atoms with van der Waals surface area (Å²) in [6.45, 7) is 0. The van der Waals surface area contributed by atoms with Crippen molar-refractivity contribution in [2.75, 3.05) is 0 Å². The molecule has 1 N–H and O–H groups in total. The third kappa shape index (κ3) is 1.93. The van der Waals surface area contributed by atoms with E-state index < -0.39 is 11.2 Å². The highest BCUT2D eigenvalue weighted by Crippen LogP contribution is 1.89. The van der Waals surface area contributed by atoms with Gasteiger partial charge in [-0.1, -0.05) is 0 Å². The number of hydrogen-bond donors (Lipinski definition) is 1. The van der Waals surface area contributed by atoms with E-state index in [0.717, 1.165) is 0 Å². The smallest absolute Gasteiger partial charge is 0.303 e. The number of aromatic nitrogens is 2. The Morgan fingerprint density at radius 3 is 2.92 bits per heavy atom. The monoisotopic (exact) mass is 177 g/mol. The van der Waals surface area contributed by atoms with Gasteiger partial charge in [0.1, 0.15) is 0 Å². The SMILES string of the molecule is Cn1cc(C=CC#N)c(=O)[nH]c1=O. The molecule has 5 heteroatoms. The number of rotatable bonds is 1. The van der Waals surface area contributed by atoms with Crippen molar-refractivity contribution in [1.29, 1.82) is 5.26 Å². The molecule has 0 spiro atoms. The highest BCUT2D eigenvalue weighted by Gasteiger charge is 1.97. The topological polar surface area (TPSA) is 78.7 Å². The third-order valence-electron chi connectivity index (χ3n) is 1.47. The van der Waals surface area contributed by atoms with Crippen molar-refractivity contribution in [2.45, 2.75) is 0 Å². The summed E-state index contributed by atoms with van der Waals surface area (Å²) in [6, 6.07) is 1.76. The predicted molar refractivity (Wildman–Crippen MR) is 47.0 cm³/mol. The molecule has 0 saturated carbocycles. The molecule has 0 aliphatic carbocycles. The van der Waals surface area contributed by atoms with Crippen LogP contribution in [-0.2, 0) is 7.05 Å². The fourth-order valence-corrected chi connectivity index (χ4v) is 0.829. The molecule has 0 aromatic carbocycles. The molecule has 0 fully saturated rings. The molecule has 13 heavy (non-hydrogen) atoms. The van der Waals surface area contributed by atoms with Crippen LogP contribution < -0.4 is 11.2 Å². The standard InChI is InChI=1S/C8H7N3O2/c1-11-5-6(3-2-4-9)7(12)10-8(11)13/h2-3,5H,1H3,(H,10,12,13). The summed E-state index contributed by atoms with van der Waals surface area (Å²) in [5.41, 5.74) is -0.683. The lowest BCUT2D eigenvalue weighted by atomic mass is 10.3. The zero-order chi connectivity index (χ0) is 9.84. The zero-order valence-corrected chi connectivity index (χ0v) is 6.94. The molecule has 5 nitrogen and oxygen atoms in total. The second kappa shape index (κ2) is 3.54. The van der Waals surface area contributed by atoms with E-state index in [4.69, 9.17) is 5.26 Å². The van der Waals surface area contributed by atoms with E-state index in [1.54, 1.807) is 6.07 Å². The van der Waals surface area contributed by atoms with Crippen LogP contribution in [0.15, 0.2) is 21.9 Å². The average Bonchev–Trinajstić information content (AvgIpc) is 2.09. The molecule has 0 bridgehead atoms. The summed E-state index contributed by atoms with van der Waals surface area (Å²) >= 11 is 0. The Hall–Kier alpha value is -2.09. The molecule has 1 heterocycles. The number of aryl methyl sites for hydroxylation is 1. The van der Waals surface area contributed by atoms with Crippen LogP contribution in [0.2, 0.25) is 0 Å². The van der Waals surface area contributed by atoms with Gasteiger partial charge in [-0.3, -0.25) is 9.78 Å². The first-order valence-electron chi connectivity index (χ1n) is 3.51. The lowest BCUT2D eigenvalue weighted by Crippen LogP contribution is -2.28. The van der Waals surface area contributed by atoms with Crippen LogP contribution in [0.1, 0.15) is 5.56 Å². The summed E-state index contributed by atoms with van der Waals surface area (Å²) < 4.78 is 1.23. The largest absolute Gasteiger partial charge is 0.328 e. The van der Waals surface area contributed by atoms with Crippen LogP contribution in [0.3, 0.4) is 0 Å². The third-order valence-corrected chi connectivity index (χ3v) is 1.47. The fourth-order valence-electron chi connectivity index (χ4n) is 0.829. The van der Waals surface area contributed by atoms with Gasteiger partial charge in [0.25, 0.3) is 5.56 Å². The van der Waals surface area contributed by atoms with Crippen LogP contribution in [0.5, 0.6) is 0 Å². The van der Waals surface area contributed by atoms with Gasteiger partial charge in [0.05, 0.1) is 11.6 Å². The van der Waals surface area contributed by atoms with Crippen molar-refractivity contribution in [3.63, 3.8) is 0 Å². The molecule has 0 saturated heterocycles. The van der Waals surface area contributed by atoms with Crippen molar-refractivity contribution in [2.24, 2.45) is 7.05 Å². The van der Waals surface area contributed by atoms with E-state index >= 15 is 0 Å². The summed E-state index contributed by atoms with van der Waals surface area (Å²) in [4.78, 5) is 24.1. The number of nitrogens with zero attached hydrogens (tertiary/aromatic N) is 2. The van der Waals surface area contributed by atoms with Crippen molar-refractivity contribution in [1.82, 2.24) is 9.55 Å². The van der Waals surface area contributed by atoms with Gasteiger partial charge in [0.15, 0.2) is 0 Å². The van der Waals surface area contributed by atoms with Crippen molar-refractivity contribution < 1.29 is 0 Å². The van der Waals surface area contributed by atoms with Crippen molar-refractivity contribution in [3.8, 4) is 6.07 Å². The van der Waals surface area contributed by atoms with Gasteiger partial charge in [-0.25, -0.2) is 4.79 Å². The molecule has 0 radical (unpaired) electrons. The summed E-state index contributed by atoms with van der Waals surface area (Å²) in [6.07, 6.45) is 3.89. The van der Waals surface area contributed by atoms with E-state index in [1.165, 1.54) is 30.0 Å². The summed E-state index contributed by atoms with van der Waals surface area (Å²) in [5, 5.41) is 8.22. The molecule has 0 amide bonds. The van der Waals surface area contributed by atoms with Gasteiger partial charge in [-0.2, -0.15) is 5.26 Å². The molecule has 0 aliphatic rings. The molecule has 1 aromatic heterocycles. The Labute approximate surface area is 73.6 Å². The lowest BCUT2D eigenvalue weighted by Gasteiger charge is -1.95. The Balaban J connectivity index is 3.34. The van der Waals surface area contributed by atoms with Gasteiger partial charge in [0.2, 0.25) is 0 Å². The average molecular weight is 177 g/mol. The van der Waals surface area contributed by atoms with Crippen molar-refractivity contribution in [3.05, 3.63) is 38.7 Å². The number of nitriles is 1. The normalized spacial score (nSPS) is 10.2. The number of aromatic amines is 1. The molecule has 0 unspecified atom stereocenters. The van der Waals surface area contributed by atoms with Gasteiger partial charge in [-0.05, 0) is 6.08 Å². The molecule has 0 atom stereocenters. The zero-order valence-electron chi connectivity index (χ0n) is 6.94. The Kier molecular flexibility index (Phi) is 2.45. The van der Waals surface area contributed by atoms with Crippen LogP contribution in [-0.4, -0.2) is 9.55 Å². The van der Waals surface area contributed by atoms with E-state index in [2.05, 4.69) is 4.98 Å². The second-order valence-corrected chi connectivity index (χ2v) is 2.42. The van der Waals surface area contributed by atoms with E-state index in [-0.39, 0.29) is 5.56 Å². The molecule has 1 rings (SSSR count). The van der Waals surface area contributed by atoms with Crippen LogP contribution in [0, 0.1) is 11.3 Å². The quantitative estimate of drug-likeness (QED) is 0.593. The van der Waals surface area contributed by atoms with E-state index in [0.29, 0.717) is 0 Å².